The number of ether oxygens (including phenoxy) is 2. The van der Waals surface area contributed by atoms with Crippen molar-refractivity contribution in [2.45, 2.75) is 44.6 Å². The van der Waals surface area contributed by atoms with Crippen LogP contribution in [0.15, 0.2) is 11.6 Å². The van der Waals surface area contributed by atoms with Gasteiger partial charge in [0.1, 0.15) is 0 Å². The van der Waals surface area contributed by atoms with Crippen LogP contribution in [0.3, 0.4) is 0 Å². The van der Waals surface area contributed by atoms with Gasteiger partial charge in [-0.25, -0.2) is 0 Å². The molecule has 2 rings (SSSR count). The van der Waals surface area contributed by atoms with Crippen LogP contribution in [-0.2, 0) is 9.47 Å². The molecular formula is C13H22O2. The van der Waals surface area contributed by atoms with Gasteiger partial charge in [-0.05, 0) is 44.4 Å². The van der Waals surface area contributed by atoms with Crippen LogP contribution in [0.1, 0.15) is 38.5 Å². The van der Waals surface area contributed by atoms with E-state index in [0.717, 1.165) is 19.1 Å². The van der Waals surface area contributed by atoms with Gasteiger partial charge in [0.15, 0.2) is 0 Å². The van der Waals surface area contributed by atoms with Crippen molar-refractivity contribution in [1.82, 2.24) is 0 Å². The van der Waals surface area contributed by atoms with E-state index in [1.54, 1.807) is 12.7 Å². The quantitative estimate of drug-likeness (QED) is 0.524. The third-order valence-electron chi connectivity index (χ3n) is 3.65. The maximum Gasteiger partial charge on any atom is 0.0610 e. The molecule has 1 aliphatic carbocycles. The molecular weight excluding hydrogens is 188 g/mol. The molecule has 0 aromatic heterocycles. The molecule has 2 atom stereocenters. The topological polar surface area (TPSA) is 18.5 Å². The Bertz CT molecular complexity index is 223. The standard InChI is InChI=1S/C13H22O2/c1-14-9-2-3-11-4-6-12-8-10-15-13(12)7-5-11/h4,12-13H,2-3,5-10H2,1H3. The van der Waals surface area contributed by atoms with Gasteiger partial charge in [-0.1, -0.05) is 11.6 Å². The van der Waals surface area contributed by atoms with Crippen LogP contribution in [0.25, 0.3) is 0 Å². The van der Waals surface area contributed by atoms with Crippen molar-refractivity contribution in [2.75, 3.05) is 20.3 Å². The lowest BCUT2D eigenvalue weighted by Crippen LogP contribution is -2.13. The summed E-state index contributed by atoms with van der Waals surface area (Å²) in [4.78, 5) is 0. The van der Waals surface area contributed by atoms with Crippen molar-refractivity contribution in [3.8, 4) is 0 Å². The molecule has 0 aromatic carbocycles. The molecule has 2 nitrogen and oxygen atoms in total. The van der Waals surface area contributed by atoms with Gasteiger partial charge in [0, 0.05) is 20.3 Å². The first-order chi connectivity index (χ1) is 7.40. The zero-order chi connectivity index (χ0) is 10.5. The summed E-state index contributed by atoms with van der Waals surface area (Å²) < 4.78 is 10.8. The maximum atomic E-state index is 5.75. The summed E-state index contributed by atoms with van der Waals surface area (Å²) in [5.41, 5.74) is 1.63. The predicted octanol–water partition coefficient (Wildman–Crippen LogP) is 2.93. The molecule has 2 aliphatic rings. The fraction of sp³-hybridized carbons (Fsp3) is 0.846. The summed E-state index contributed by atoms with van der Waals surface area (Å²) in [6.07, 6.45) is 10.4. The smallest absolute Gasteiger partial charge is 0.0610 e. The van der Waals surface area contributed by atoms with Crippen LogP contribution in [-0.4, -0.2) is 26.4 Å². The SMILES string of the molecule is COCCCC1=CCC2CCOC2CC1. The zero-order valence-electron chi connectivity index (χ0n) is 9.71. The van der Waals surface area contributed by atoms with Crippen LogP contribution in [0.5, 0.6) is 0 Å². The Hall–Kier alpha value is -0.340. The Morgan fingerprint density at radius 2 is 2.40 bits per heavy atom. The van der Waals surface area contributed by atoms with Gasteiger partial charge in [0.2, 0.25) is 0 Å². The van der Waals surface area contributed by atoms with Crippen molar-refractivity contribution in [1.29, 1.82) is 0 Å². The van der Waals surface area contributed by atoms with Gasteiger partial charge in [0.05, 0.1) is 6.10 Å². The third-order valence-corrected chi connectivity index (χ3v) is 3.65. The molecule has 2 unspecified atom stereocenters. The summed E-state index contributed by atoms with van der Waals surface area (Å²) in [5, 5.41) is 0. The summed E-state index contributed by atoms with van der Waals surface area (Å²) >= 11 is 0. The molecule has 2 heteroatoms. The second-order valence-corrected chi connectivity index (χ2v) is 4.69. The van der Waals surface area contributed by atoms with Gasteiger partial charge in [-0.15, -0.1) is 0 Å². The molecule has 1 aliphatic heterocycles. The minimum Gasteiger partial charge on any atom is -0.385 e. The third kappa shape index (κ3) is 3.05. The van der Waals surface area contributed by atoms with Crippen LogP contribution in [0, 0.1) is 5.92 Å². The number of methoxy groups -OCH3 is 1. The predicted molar refractivity (Wildman–Crippen MR) is 60.9 cm³/mol. The first kappa shape index (κ1) is 11.2. The average molecular weight is 210 g/mol. The molecule has 86 valence electrons. The summed E-state index contributed by atoms with van der Waals surface area (Å²) in [7, 11) is 1.78. The highest BCUT2D eigenvalue weighted by molar-refractivity contribution is 5.06. The molecule has 0 aromatic rings. The van der Waals surface area contributed by atoms with E-state index in [9.17, 15) is 0 Å². The fourth-order valence-corrected chi connectivity index (χ4v) is 2.70. The molecule has 0 bridgehead atoms. The molecule has 0 spiro atoms. The first-order valence-electron chi connectivity index (χ1n) is 6.18. The number of allylic oxidation sites excluding steroid dienone is 2. The molecule has 1 heterocycles. The Morgan fingerprint density at radius 1 is 1.47 bits per heavy atom. The summed E-state index contributed by atoms with van der Waals surface area (Å²) in [6, 6.07) is 0. The average Bonchev–Trinajstić information content (AvgIpc) is 2.61. The van der Waals surface area contributed by atoms with Crippen molar-refractivity contribution >= 4 is 0 Å². The monoisotopic (exact) mass is 210 g/mol. The van der Waals surface area contributed by atoms with Crippen LogP contribution >= 0.6 is 0 Å². The number of fused-ring (bicyclic) bond motifs is 1. The lowest BCUT2D eigenvalue weighted by atomic mass is 9.97. The summed E-state index contributed by atoms with van der Waals surface area (Å²) in [5.74, 6) is 0.810. The Kier molecular flexibility index (Phi) is 4.21. The highest BCUT2D eigenvalue weighted by Crippen LogP contribution is 2.33. The van der Waals surface area contributed by atoms with Crippen molar-refractivity contribution in [2.24, 2.45) is 5.92 Å². The van der Waals surface area contributed by atoms with Crippen LogP contribution in [0.2, 0.25) is 0 Å². The van der Waals surface area contributed by atoms with Gasteiger partial charge in [-0.2, -0.15) is 0 Å². The van der Waals surface area contributed by atoms with E-state index >= 15 is 0 Å². The van der Waals surface area contributed by atoms with E-state index in [-0.39, 0.29) is 0 Å². The second-order valence-electron chi connectivity index (χ2n) is 4.69. The maximum absolute atomic E-state index is 5.75. The zero-order valence-corrected chi connectivity index (χ0v) is 9.71. The van der Waals surface area contributed by atoms with E-state index in [2.05, 4.69) is 6.08 Å². The Balaban J connectivity index is 1.79. The normalized spacial score (nSPS) is 30.9. The highest BCUT2D eigenvalue weighted by atomic mass is 16.5. The van der Waals surface area contributed by atoms with E-state index in [1.165, 1.54) is 38.5 Å². The van der Waals surface area contributed by atoms with Gasteiger partial charge >= 0.3 is 0 Å². The minimum atomic E-state index is 0.557. The van der Waals surface area contributed by atoms with Crippen molar-refractivity contribution < 1.29 is 9.47 Å². The minimum absolute atomic E-state index is 0.557. The highest BCUT2D eigenvalue weighted by Gasteiger charge is 2.28. The lowest BCUT2D eigenvalue weighted by Gasteiger charge is -2.13. The molecule has 0 saturated carbocycles. The van der Waals surface area contributed by atoms with E-state index in [1.807, 2.05) is 0 Å². The summed E-state index contributed by atoms with van der Waals surface area (Å²) in [6.45, 7) is 1.88. The molecule has 15 heavy (non-hydrogen) atoms. The fourth-order valence-electron chi connectivity index (χ4n) is 2.70. The second kappa shape index (κ2) is 5.66. The lowest BCUT2D eigenvalue weighted by molar-refractivity contribution is 0.0858. The van der Waals surface area contributed by atoms with Crippen molar-refractivity contribution in [3.05, 3.63) is 11.6 Å². The first-order valence-corrected chi connectivity index (χ1v) is 6.18. The number of hydrogen-bond acceptors (Lipinski definition) is 2. The molecule has 1 saturated heterocycles. The van der Waals surface area contributed by atoms with E-state index in [0.29, 0.717) is 6.10 Å². The molecule has 1 fully saturated rings. The number of rotatable bonds is 4. The van der Waals surface area contributed by atoms with E-state index in [4.69, 9.17) is 9.47 Å². The van der Waals surface area contributed by atoms with Gasteiger partial charge in [-0.3, -0.25) is 0 Å². The Morgan fingerprint density at radius 3 is 3.27 bits per heavy atom. The molecule has 0 N–H and O–H groups in total. The molecule has 0 radical (unpaired) electrons. The van der Waals surface area contributed by atoms with Crippen molar-refractivity contribution in [3.63, 3.8) is 0 Å². The van der Waals surface area contributed by atoms with E-state index < -0.39 is 0 Å². The van der Waals surface area contributed by atoms with Crippen LogP contribution < -0.4 is 0 Å². The van der Waals surface area contributed by atoms with Gasteiger partial charge < -0.3 is 9.47 Å². The largest absolute Gasteiger partial charge is 0.385 e. The van der Waals surface area contributed by atoms with Crippen LogP contribution in [0.4, 0.5) is 0 Å². The van der Waals surface area contributed by atoms with Gasteiger partial charge in [0.25, 0.3) is 0 Å². The number of hydrogen-bond donors (Lipinski definition) is 0. The molecule has 0 amide bonds. The Labute approximate surface area is 92.6 Å².